The van der Waals surface area contributed by atoms with E-state index >= 15 is 0 Å². The van der Waals surface area contributed by atoms with Crippen molar-refractivity contribution in [3.8, 4) is 0 Å². The average molecular weight is 247 g/mol. The lowest BCUT2D eigenvalue weighted by Gasteiger charge is -2.17. The second-order valence-electron chi connectivity index (χ2n) is 4.14. The normalized spacial score (nSPS) is 50.8. The van der Waals surface area contributed by atoms with Gasteiger partial charge in [0.25, 0.3) is 0 Å². The van der Waals surface area contributed by atoms with Crippen LogP contribution in [0.1, 0.15) is 13.8 Å². The van der Waals surface area contributed by atoms with Gasteiger partial charge in [-0.2, -0.15) is 0 Å². The summed E-state index contributed by atoms with van der Waals surface area (Å²) in [5.74, 6) is -0.483. The molecule has 0 saturated carbocycles. The van der Waals surface area contributed by atoms with E-state index in [1.165, 1.54) is 0 Å². The van der Waals surface area contributed by atoms with E-state index in [9.17, 15) is 0 Å². The van der Waals surface area contributed by atoms with Crippen molar-refractivity contribution in [1.29, 1.82) is 0 Å². The van der Waals surface area contributed by atoms with Crippen LogP contribution in [0.15, 0.2) is 10.6 Å². The lowest BCUT2D eigenvalue weighted by atomic mass is 10.0. The molecule has 1 aliphatic carbocycles. The van der Waals surface area contributed by atoms with E-state index in [0.29, 0.717) is 0 Å². The van der Waals surface area contributed by atoms with Crippen LogP contribution >= 0.6 is 15.9 Å². The molecule has 4 atom stereocenters. The van der Waals surface area contributed by atoms with Crippen LogP contribution in [0.25, 0.3) is 0 Å². The van der Waals surface area contributed by atoms with Crippen LogP contribution in [0.2, 0.25) is 0 Å². The third-order valence-corrected chi connectivity index (χ3v) is 3.33. The molecule has 4 unspecified atom stereocenters. The second kappa shape index (κ2) is 2.37. The van der Waals surface area contributed by atoms with Crippen LogP contribution in [0.5, 0.6) is 0 Å². The standard InChI is InChI=1S/C9H11BrO3/c1-9(2)12-6-4(10)3-5-7(11-5)8(6)13-9/h3,5-8H,1-2H3. The summed E-state index contributed by atoms with van der Waals surface area (Å²) in [6, 6.07) is 0. The van der Waals surface area contributed by atoms with Gasteiger partial charge in [-0.15, -0.1) is 0 Å². The van der Waals surface area contributed by atoms with Crippen LogP contribution < -0.4 is 0 Å². The van der Waals surface area contributed by atoms with Crippen molar-refractivity contribution >= 4 is 15.9 Å². The lowest BCUT2D eigenvalue weighted by molar-refractivity contribution is -0.144. The van der Waals surface area contributed by atoms with Gasteiger partial charge >= 0.3 is 0 Å². The van der Waals surface area contributed by atoms with Crippen molar-refractivity contribution in [1.82, 2.24) is 0 Å². The first-order valence-corrected chi connectivity index (χ1v) is 5.24. The number of fused-ring (bicyclic) bond motifs is 3. The first kappa shape index (κ1) is 8.41. The smallest absolute Gasteiger partial charge is 0.164 e. The summed E-state index contributed by atoms with van der Waals surface area (Å²) < 4.78 is 18.0. The molecule has 4 heteroatoms. The highest BCUT2D eigenvalue weighted by Crippen LogP contribution is 2.46. The number of hydrogen-bond donors (Lipinski definition) is 0. The van der Waals surface area contributed by atoms with Gasteiger partial charge in [0.2, 0.25) is 0 Å². The van der Waals surface area contributed by atoms with Gasteiger partial charge in [0.05, 0.1) is 0 Å². The molecule has 2 saturated heterocycles. The molecule has 0 amide bonds. The maximum absolute atomic E-state index is 5.76. The summed E-state index contributed by atoms with van der Waals surface area (Å²) in [6.45, 7) is 3.87. The van der Waals surface area contributed by atoms with Crippen molar-refractivity contribution in [3.05, 3.63) is 10.6 Å². The maximum Gasteiger partial charge on any atom is 0.164 e. The monoisotopic (exact) mass is 246 g/mol. The summed E-state index contributed by atoms with van der Waals surface area (Å²) in [5.41, 5.74) is 0. The number of halogens is 1. The minimum Gasteiger partial charge on any atom is -0.362 e. The Kier molecular flexibility index (Phi) is 1.53. The van der Waals surface area contributed by atoms with Crippen molar-refractivity contribution in [2.75, 3.05) is 0 Å². The molecule has 0 bridgehead atoms. The Morgan fingerprint density at radius 2 is 2.08 bits per heavy atom. The minimum absolute atomic E-state index is 0.0266. The fraction of sp³-hybridized carbons (Fsp3) is 0.778. The predicted octanol–water partition coefficient (Wildman–Crippen LogP) is 1.57. The van der Waals surface area contributed by atoms with Gasteiger partial charge in [0.1, 0.15) is 24.4 Å². The van der Waals surface area contributed by atoms with Crippen molar-refractivity contribution in [2.24, 2.45) is 0 Å². The Hall–Kier alpha value is 0.1000. The van der Waals surface area contributed by atoms with Gasteiger partial charge in [-0.3, -0.25) is 0 Å². The Balaban J connectivity index is 1.93. The highest BCUT2D eigenvalue weighted by Gasteiger charge is 2.58. The largest absolute Gasteiger partial charge is 0.362 e. The molecule has 72 valence electrons. The van der Waals surface area contributed by atoms with Gasteiger partial charge in [0, 0.05) is 4.48 Å². The van der Waals surface area contributed by atoms with Crippen molar-refractivity contribution < 1.29 is 14.2 Å². The Morgan fingerprint density at radius 1 is 1.31 bits per heavy atom. The number of rotatable bonds is 0. The molecule has 0 spiro atoms. The molecule has 3 aliphatic rings. The van der Waals surface area contributed by atoms with E-state index in [0.717, 1.165) is 4.48 Å². The fourth-order valence-corrected chi connectivity index (χ4v) is 2.64. The van der Waals surface area contributed by atoms with Gasteiger partial charge in [-0.05, 0) is 19.9 Å². The highest BCUT2D eigenvalue weighted by atomic mass is 79.9. The van der Waals surface area contributed by atoms with Crippen LogP contribution in [0.3, 0.4) is 0 Å². The molecule has 2 aliphatic heterocycles. The summed E-state index contributed by atoms with van der Waals surface area (Å²) in [7, 11) is 0. The Bertz CT molecular complexity index is 287. The molecule has 0 aromatic carbocycles. The highest BCUT2D eigenvalue weighted by molar-refractivity contribution is 9.11. The molecule has 3 rings (SSSR count). The average Bonchev–Trinajstić information content (AvgIpc) is 2.68. The SMILES string of the molecule is CC1(C)OC2C(Br)=CC3OC3C2O1. The van der Waals surface area contributed by atoms with E-state index in [1.54, 1.807) is 0 Å². The van der Waals surface area contributed by atoms with E-state index in [4.69, 9.17) is 14.2 Å². The molecule has 0 aromatic heterocycles. The quantitative estimate of drug-likeness (QED) is 0.609. The first-order chi connectivity index (χ1) is 6.07. The third kappa shape index (κ3) is 1.20. The molecule has 3 nitrogen and oxygen atoms in total. The molecule has 0 aromatic rings. The van der Waals surface area contributed by atoms with Gasteiger partial charge < -0.3 is 14.2 Å². The molecule has 0 radical (unpaired) electrons. The zero-order valence-corrected chi connectivity index (χ0v) is 9.08. The Labute approximate surface area is 85.2 Å². The summed E-state index contributed by atoms with van der Waals surface area (Å²) in [4.78, 5) is 0. The number of hydrogen-bond acceptors (Lipinski definition) is 3. The predicted molar refractivity (Wildman–Crippen MR) is 49.5 cm³/mol. The van der Waals surface area contributed by atoms with Crippen molar-refractivity contribution in [2.45, 2.75) is 44.1 Å². The maximum atomic E-state index is 5.76. The minimum atomic E-state index is -0.483. The van der Waals surface area contributed by atoms with Gasteiger partial charge in [-0.1, -0.05) is 15.9 Å². The molecule has 2 fully saturated rings. The van der Waals surface area contributed by atoms with Crippen LogP contribution in [-0.2, 0) is 14.2 Å². The topological polar surface area (TPSA) is 31.0 Å². The van der Waals surface area contributed by atoms with Crippen LogP contribution in [-0.4, -0.2) is 30.2 Å². The van der Waals surface area contributed by atoms with Gasteiger partial charge in [0.15, 0.2) is 5.79 Å². The van der Waals surface area contributed by atoms with Gasteiger partial charge in [-0.25, -0.2) is 0 Å². The third-order valence-electron chi connectivity index (χ3n) is 2.61. The van der Waals surface area contributed by atoms with E-state index in [1.807, 2.05) is 13.8 Å². The first-order valence-electron chi connectivity index (χ1n) is 4.45. The summed E-state index contributed by atoms with van der Waals surface area (Å²) in [6.07, 6.45) is 2.62. The lowest BCUT2D eigenvalue weighted by Crippen LogP contribution is -2.32. The zero-order chi connectivity index (χ0) is 9.22. The molecule has 13 heavy (non-hydrogen) atoms. The van der Waals surface area contributed by atoms with Crippen LogP contribution in [0, 0.1) is 0 Å². The number of epoxide rings is 1. The zero-order valence-electron chi connectivity index (χ0n) is 7.49. The van der Waals surface area contributed by atoms with E-state index in [-0.39, 0.29) is 24.4 Å². The van der Waals surface area contributed by atoms with E-state index < -0.39 is 5.79 Å². The summed E-state index contributed by atoms with van der Waals surface area (Å²) in [5, 5.41) is 0. The molecule has 0 N–H and O–H groups in total. The van der Waals surface area contributed by atoms with Crippen LogP contribution in [0.4, 0.5) is 0 Å². The summed E-state index contributed by atoms with van der Waals surface area (Å²) >= 11 is 3.49. The molecular weight excluding hydrogens is 236 g/mol. The van der Waals surface area contributed by atoms with E-state index in [2.05, 4.69) is 22.0 Å². The fourth-order valence-electron chi connectivity index (χ4n) is 2.03. The number of ether oxygens (including phenoxy) is 3. The molecule has 2 heterocycles. The Morgan fingerprint density at radius 3 is 2.85 bits per heavy atom. The van der Waals surface area contributed by atoms with Crippen molar-refractivity contribution in [3.63, 3.8) is 0 Å². The second-order valence-corrected chi connectivity index (χ2v) is 5.05. The molecular formula is C9H11BrO3.